The summed E-state index contributed by atoms with van der Waals surface area (Å²) in [5.41, 5.74) is 0.957. The van der Waals surface area contributed by atoms with E-state index in [9.17, 15) is 13.5 Å². The van der Waals surface area contributed by atoms with Crippen molar-refractivity contribution in [1.29, 1.82) is 0 Å². The molecule has 2 aromatic rings. The molecule has 21 heavy (non-hydrogen) atoms. The molecule has 0 radical (unpaired) electrons. The number of benzene rings is 2. The third-order valence-electron chi connectivity index (χ3n) is 3.99. The first-order valence-electron chi connectivity index (χ1n) is 6.71. The van der Waals surface area contributed by atoms with Crippen LogP contribution in [-0.4, -0.2) is 25.4 Å². The number of rotatable bonds is 4. The number of sulfone groups is 1. The van der Waals surface area contributed by atoms with E-state index >= 15 is 0 Å². The van der Waals surface area contributed by atoms with Gasteiger partial charge in [0.1, 0.15) is 0 Å². The van der Waals surface area contributed by atoms with Crippen molar-refractivity contribution >= 4 is 21.4 Å². The molecule has 1 N–H and O–H groups in total. The third-order valence-corrected chi connectivity index (χ3v) is 6.53. The molecule has 1 aliphatic carbocycles. The molecule has 0 saturated heterocycles. The average Bonchev–Trinajstić information content (AvgIpc) is 3.24. The molecular formula is C16H15ClO3S. The van der Waals surface area contributed by atoms with Crippen molar-refractivity contribution < 1.29 is 13.5 Å². The van der Waals surface area contributed by atoms with Gasteiger partial charge in [0.05, 0.1) is 10.1 Å². The maximum atomic E-state index is 12.7. The molecule has 3 atom stereocenters. The van der Waals surface area contributed by atoms with E-state index in [-0.39, 0.29) is 23.3 Å². The summed E-state index contributed by atoms with van der Waals surface area (Å²) in [6.07, 6.45) is 0. The minimum atomic E-state index is -3.46. The van der Waals surface area contributed by atoms with Crippen molar-refractivity contribution in [3.8, 4) is 0 Å². The van der Waals surface area contributed by atoms with Gasteiger partial charge in [-0.25, -0.2) is 8.42 Å². The van der Waals surface area contributed by atoms with Gasteiger partial charge in [0.25, 0.3) is 0 Å². The highest BCUT2D eigenvalue weighted by Crippen LogP contribution is 2.53. The molecule has 0 unspecified atom stereocenters. The molecule has 1 saturated carbocycles. The van der Waals surface area contributed by atoms with Gasteiger partial charge in [-0.05, 0) is 29.8 Å². The van der Waals surface area contributed by atoms with Gasteiger partial charge in [-0.3, -0.25) is 0 Å². The Labute approximate surface area is 129 Å². The lowest BCUT2D eigenvalue weighted by molar-refractivity contribution is 0.274. The van der Waals surface area contributed by atoms with E-state index < -0.39 is 15.1 Å². The van der Waals surface area contributed by atoms with Crippen LogP contribution in [0.4, 0.5) is 0 Å². The molecule has 5 heteroatoms. The van der Waals surface area contributed by atoms with E-state index in [4.69, 9.17) is 11.6 Å². The zero-order chi connectivity index (χ0) is 15.0. The first-order chi connectivity index (χ1) is 10.1. The predicted octanol–water partition coefficient (Wildman–Crippen LogP) is 2.89. The highest BCUT2D eigenvalue weighted by atomic mass is 35.5. The minimum absolute atomic E-state index is 0.128. The topological polar surface area (TPSA) is 54.4 Å². The molecular weight excluding hydrogens is 308 g/mol. The highest BCUT2D eigenvalue weighted by Gasteiger charge is 2.58. The number of aliphatic hydroxyl groups is 1. The fourth-order valence-electron chi connectivity index (χ4n) is 2.88. The van der Waals surface area contributed by atoms with Crippen molar-refractivity contribution in [3.05, 3.63) is 65.2 Å². The Bertz CT molecular complexity index is 726. The van der Waals surface area contributed by atoms with Crippen LogP contribution in [0.5, 0.6) is 0 Å². The lowest BCUT2D eigenvalue weighted by Gasteiger charge is -2.04. The molecule has 1 aliphatic rings. The van der Waals surface area contributed by atoms with Gasteiger partial charge >= 0.3 is 0 Å². The molecule has 0 heterocycles. The van der Waals surface area contributed by atoms with Gasteiger partial charge in [-0.15, -0.1) is 0 Å². The molecule has 0 bridgehead atoms. The summed E-state index contributed by atoms with van der Waals surface area (Å²) in [6, 6.07) is 15.7. The fourth-order valence-corrected chi connectivity index (χ4v) is 5.20. The van der Waals surface area contributed by atoms with Crippen LogP contribution < -0.4 is 0 Å². The van der Waals surface area contributed by atoms with Gasteiger partial charge in [0.2, 0.25) is 0 Å². The van der Waals surface area contributed by atoms with Crippen LogP contribution in [-0.2, 0) is 9.84 Å². The number of hydrogen-bond acceptors (Lipinski definition) is 3. The maximum Gasteiger partial charge on any atom is 0.182 e. The summed E-state index contributed by atoms with van der Waals surface area (Å²) < 4.78 is 25.4. The second-order valence-corrected chi connectivity index (χ2v) is 7.79. The summed E-state index contributed by atoms with van der Waals surface area (Å²) in [4.78, 5) is 0.258. The minimum Gasteiger partial charge on any atom is -0.396 e. The van der Waals surface area contributed by atoms with Crippen molar-refractivity contribution in [2.75, 3.05) is 6.61 Å². The van der Waals surface area contributed by atoms with Crippen molar-refractivity contribution in [1.82, 2.24) is 0 Å². The molecule has 1 fully saturated rings. The average molecular weight is 323 g/mol. The van der Waals surface area contributed by atoms with Gasteiger partial charge in [0, 0.05) is 23.5 Å². The van der Waals surface area contributed by atoms with Gasteiger partial charge in [-0.2, -0.15) is 0 Å². The summed E-state index contributed by atoms with van der Waals surface area (Å²) in [6.45, 7) is -0.128. The van der Waals surface area contributed by atoms with Gasteiger partial charge < -0.3 is 5.11 Å². The zero-order valence-electron chi connectivity index (χ0n) is 11.2. The van der Waals surface area contributed by atoms with Crippen LogP contribution in [0.3, 0.4) is 0 Å². The van der Waals surface area contributed by atoms with Crippen LogP contribution in [0, 0.1) is 5.92 Å². The van der Waals surface area contributed by atoms with Crippen molar-refractivity contribution in [3.63, 3.8) is 0 Å². The standard InChI is InChI=1S/C16H15ClO3S/c17-12-6-8-13(9-7-12)21(19,20)16-14(10-18)15(16)11-4-2-1-3-5-11/h1-9,14-16,18H,10H2/t14-,15-,16-/m0/s1. The van der Waals surface area contributed by atoms with Gasteiger partial charge in [0.15, 0.2) is 9.84 Å². The molecule has 110 valence electrons. The number of aliphatic hydroxyl groups excluding tert-OH is 1. The SMILES string of the molecule is O=S(=O)(c1ccc(Cl)cc1)[C@H]1[C@@H](CO)[C@@H]1c1ccccc1. The summed E-state index contributed by atoms with van der Waals surface area (Å²) in [5.74, 6) is -0.384. The van der Waals surface area contributed by atoms with Crippen LogP contribution >= 0.6 is 11.6 Å². The Hall–Kier alpha value is -1.36. The Kier molecular flexibility index (Phi) is 3.78. The lowest BCUT2D eigenvalue weighted by atomic mass is 10.1. The lowest BCUT2D eigenvalue weighted by Crippen LogP contribution is -2.11. The summed E-state index contributed by atoms with van der Waals surface area (Å²) in [5, 5.41) is 9.42. The first-order valence-corrected chi connectivity index (χ1v) is 8.63. The van der Waals surface area contributed by atoms with Crippen LogP contribution in [0.2, 0.25) is 5.02 Å². The Morgan fingerprint density at radius 3 is 2.19 bits per heavy atom. The fraction of sp³-hybridized carbons (Fsp3) is 0.250. The smallest absolute Gasteiger partial charge is 0.182 e. The van der Waals surface area contributed by atoms with Crippen LogP contribution in [0.15, 0.2) is 59.5 Å². The molecule has 0 spiro atoms. The molecule has 2 aromatic carbocycles. The van der Waals surface area contributed by atoms with E-state index in [0.29, 0.717) is 5.02 Å². The Balaban J connectivity index is 1.94. The molecule has 3 nitrogen and oxygen atoms in total. The third kappa shape index (κ3) is 2.59. The van der Waals surface area contributed by atoms with Crippen molar-refractivity contribution in [2.24, 2.45) is 5.92 Å². The summed E-state index contributed by atoms with van der Waals surface area (Å²) in [7, 11) is -3.46. The van der Waals surface area contributed by atoms with E-state index in [1.807, 2.05) is 30.3 Å². The molecule has 0 amide bonds. The van der Waals surface area contributed by atoms with Gasteiger partial charge in [-0.1, -0.05) is 41.9 Å². The largest absolute Gasteiger partial charge is 0.396 e. The van der Waals surface area contributed by atoms with E-state index in [0.717, 1.165) is 5.56 Å². The second kappa shape index (κ2) is 5.44. The Morgan fingerprint density at radius 1 is 1.00 bits per heavy atom. The number of halogens is 1. The predicted molar refractivity (Wildman–Crippen MR) is 82.2 cm³/mol. The van der Waals surface area contributed by atoms with Crippen LogP contribution in [0.1, 0.15) is 11.5 Å². The van der Waals surface area contributed by atoms with E-state index in [1.54, 1.807) is 12.1 Å². The van der Waals surface area contributed by atoms with Crippen LogP contribution in [0.25, 0.3) is 0 Å². The zero-order valence-corrected chi connectivity index (χ0v) is 12.8. The monoisotopic (exact) mass is 322 g/mol. The quantitative estimate of drug-likeness (QED) is 0.941. The maximum absolute atomic E-state index is 12.7. The highest BCUT2D eigenvalue weighted by molar-refractivity contribution is 7.92. The van der Waals surface area contributed by atoms with E-state index in [2.05, 4.69) is 0 Å². The molecule has 0 aromatic heterocycles. The summed E-state index contributed by atoms with van der Waals surface area (Å²) >= 11 is 5.80. The first kappa shape index (κ1) is 14.6. The normalized spacial score (nSPS) is 24.8. The number of hydrogen-bond donors (Lipinski definition) is 1. The van der Waals surface area contributed by atoms with E-state index in [1.165, 1.54) is 12.1 Å². The molecule has 3 rings (SSSR count). The molecule has 0 aliphatic heterocycles. The Morgan fingerprint density at radius 2 is 1.62 bits per heavy atom. The van der Waals surface area contributed by atoms with Crippen molar-refractivity contribution in [2.45, 2.75) is 16.1 Å². The second-order valence-electron chi connectivity index (χ2n) is 5.25.